The average molecular weight is 546 g/mol. The molecule has 4 aliphatic rings. The Morgan fingerprint density at radius 2 is 1.09 bits per heavy atom. The molecule has 0 saturated heterocycles. The van der Waals surface area contributed by atoms with E-state index in [0.717, 1.165) is 11.5 Å². The second-order valence-corrected chi connectivity index (χ2v) is 12.0. The lowest BCUT2D eigenvalue weighted by Gasteiger charge is -2.48. The number of rotatable bonds is 1. The largest absolute Gasteiger partial charge is 0.457 e. The van der Waals surface area contributed by atoms with E-state index >= 15 is 0 Å². The van der Waals surface area contributed by atoms with Crippen LogP contribution in [0.2, 0.25) is 0 Å². The highest BCUT2D eigenvalue weighted by atomic mass is 16.5. The van der Waals surface area contributed by atoms with Crippen molar-refractivity contribution in [1.29, 1.82) is 0 Å². The number of ether oxygens (including phenoxy) is 1. The molecule has 0 atom stereocenters. The maximum Gasteiger partial charge on any atom is 0.271 e. The van der Waals surface area contributed by atoms with Crippen molar-refractivity contribution in [3.8, 4) is 17.2 Å². The van der Waals surface area contributed by atoms with Crippen molar-refractivity contribution in [1.82, 2.24) is 4.57 Å². The summed E-state index contributed by atoms with van der Waals surface area (Å²) in [5.74, 6) is 1.85. The standard InChI is InChI=1S/C39H23BN2O/c1-2-12-24(13-3-1)41-31-20-10-17-28-35(31)40-36-29(18-11-21-32(36)42-30-19-7-4-14-25(30)37(41)38(40)42)39(28)26-15-5-8-22-33(26)43-34-23-9-6-16-27(34)39/h1-23H. The van der Waals surface area contributed by atoms with Gasteiger partial charge in [0.1, 0.15) is 11.5 Å². The number of hydrogen-bond acceptors (Lipinski definition) is 2. The van der Waals surface area contributed by atoms with Crippen LogP contribution in [0.25, 0.3) is 16.6 Å². The van der Waals surface area contributed by atoms with Crippen LogP contribution in [-0.2, 0) is 5.41 Å². The lowest BCUT2D eigenvalue weighted by molar-refractivity contribution is 0.435. The lowest BCUT2D eigenvalue weighted by Crippen LogP contribution is -2.63. The third-order valence-electron chi connectivity index (χ3n) is 10.2. The smallest absolute Gasteiger partial charge is 0.271 e. The number of hydrogen-bond donors (Lipinski definition) is 0. The van der Waals surface area contributed by atoms with Gasteiger partial charge in [0, 0.05) is 39.2 Å². The van der Waals surface area contributed by atoms with E-state index in [0.29, 0.717) is 0 Å². The van der Waals surface area contributed by atoms with Gasteiger partial charge in [-0.05, 0) is 64.5 Å². The first-order chi connectivity index (χ1) is 21.4. The van der Waals surface area contributed by atoms with Gasteiger partial charge in [0.2, 0.25) is 0 Å². The van der Waals surface area contributed by atoms with Crippen LogP contribution < -0.4 is 26.2 Å². The second-order valence-electron chi connectivity index (χ2n) is 12.0. The molecule has 0 amide bonds. The minimum atomic E-state index is -0.516. The van der Waals surface area contributed by atoms with E-state index in [-0.39, 0.29) is 6.71 Å². The predicted octanol–water partition coefficient (Wildman–Crippen LogP) is 7.05. The molecule has 0 N–H and O–H groups in total. The molecule has 11 rings (SSSR count). The van der Waals surface area contributed by atoms with Crippen LogP contribution in [0, 0.1) is 0 Å². The molecule has 43 heavy (non-hydrogen) atoms. The normalized spacial score (nSPS) is 15.3. The molecule has 7 aromatic rings. The molecule has 1 aromatic heterocycles. The summed E-state index contributed by atoms with van der Waals surface area (Å²) in [5, 5.41) is 1.29. The fourth-order valence-corrected chi connectivity index (χ4v) is 8.86. The fraction of sp³-hybridized carbons (Fsp3) is 0.0256. The van der Waals surface area contributed by atoms with Gasteiger partial charge in [-0.1, -0.05) is 97.1 Å². The highest BCUT2D eigenvalue weighted by molar-refractivity contribution is 7.00. The molecular formula is C39H23BN2O. The summed E-state index contributed by atoms with van der Waals surface area (Å²) < 4.78 is 9.18. The van der Waals surface area contributed by atoms with Gasteiger partial charge < -0.3 is 14.2 Å². The number of fused-ring (bicyclic) bond motifs is 10. The van der Waals surface area contributed by atoms with Gasteiger partial charge in [-0.25, -0.2) is 0 Å². The Labute approximate surface area is 249 Å². The topological polar surface area (TPSA) is 17.4 Å². The first-order valence-electron chi connectivity index (χ1n) is 15.0. The van der Waals surface area contributed by atoms with Gasteiger partial charge in [-0.15, -0.1) is 0 Å². The highest BCUT2D eigenvalue weighted by Gasteiger charge is 2.58. The summed E-state index contributed by atoms with van der Waals surface area (Å²) in [4.78, 5) is 2.52. The first-order valence-corrected chi connectivity index (χ1v) is 15.0. The molecule has 0 saturated carbocycles. The number of aromatic nitrogens is 1. The third-order valence-corrected chi connectivity index (χ3v) is 10.2. The van der Waals surface area contributed by atoms with Crippen LogP contribution in [0.15, 0.2) is 140 Å². The number of anilines is 3. The minimum Gasteiger partial charge on any atom is -0.457 e. The molecule has 0 radical (unpaired) electrons. The lowest BCUT2D eigenvalue weighted by atomic mass is 9.31. The summed E-state index contributed by atoms with van der Waals surface area (Å²) >= 11 is 0. The molecule has 0 bridgehead atoms. The SMILES string of the molecule is c1ccc(N2c3cccc4c3B3c5c(cccc5C45c4ccccc4Oc4ccccc45)-n4c3c2c2ccccc24)cc1. The summed E-state index contributed by atoms with van der Waals surface area (Å²) in [6, 6.07) is 51.1. The molecule has 4 aliphatic heterocycles. The fourth-order valence-electron chi connectivity index (χ4n) is 8.86. The summed E-state index contributed by atoms with van der Waals surface area (Å²) in [6.45, 7) is 0.146. The Bertz CT molecular complexity index is 2310. The van der Waals surface area contributed by atoms with E-state index in [1.54, 1.807) is 0 Å². The zero-order valence-corrected chi connectivity index (χ0v) is 23.2. The molecule has 0 aliphatic carbocycles. The monoisotopic (exact) mass is 546 g/mol. The predicted molar refractivity (Wildman–Crippen MR) is 175 cm³/mol. The van der Waals surface area contributed by atoms with E-state index in [1.165, 1.54) is 72.4 Å². The van der Waals surface area contributed by atoms with Gasteiger partial charge >= 0.3 is 0 Å². The average Bonchev–Trinajstić information content (AvgIpc) is 3.59. The number of para-hydroxylation sites is 4. The van der Waals surface area contributed by atoms with E-state index in [2.05, 4.69) is 149 Å². The van der Waals surface area contributed by atoms with Crippen LogP contribution in [0.1, 0.15) is 22.3 Å². The quantitative estimate of drug-likeness (QED) is 0.206. The zero-order chi connectivity index (χ0) is 27.9. The van der Waals surface area contributed by atoms with Crippen molar-refractivity contribution in [2.75, 3.05) is 4.90 Å². The molecule has 3 nitrogen and oxygen atoms in total. The third kappa shape index (κ3) is 2.37. The van der Waals surface area contributed by atoms with Crippen LogP contribution in [0.3, 0.4) is 0 Å². The summed E-state index contributed by atoms with van der Waals surface area (Å²) in [6.07, 6.45) is 0. The number of nitrogens with zero attached hydrogens (tertiary/aromatic N) is 2. The van der Waals surface area contributed by atoms with E-state index in [9.17, 15) is 0 Å². The molecule has 0 fully saturated rings. The van der Waals surface area contributed by atoms with E-state index in [1.807, 2.05) is 0 Å². The Kier molecular flexibility index (Phi) is 3.85. The van der Waals surface area contributed by atoms with Gasteiger partial charge in [-0.2, -0.15) is 0 Å². The van der Waals surface area contributed by atoms with Gasteiger partial charge in [-0.3, -0.25) is 0 Å². The summed E-state index contributed by atoms with van der Waals surface area (Å²) in [7, 11) is 0. The highest BCUT2D eigenvalue weighted by Crippen LogP contribution is 2.58. The Hall–Kier alpha value is -5.48. The van der Waals surface area contributed by atoms with Crippen LogP contribution in [-0.4, -0.2) is 11.3 Å². The Morgan fingerprint density at radius 3 is 1.84 bits per heavy atom. The van der Waals surface area contributed by atoms with Gasteiger partial charge in [0.25, 0.3) is 6.71 Å². The van der Waals surface area contributed by atoms with Crippen molar-refractivity contribution in [2.45, 2.75) is 5.41 Å². The van der Waals surface area contributed by atoms with Crippen molar-refractivity contribution in [2.24, 2.45) is 0 Å². The summed E-state index contributed by atoms with van der Waals surface area (Å²) in [5.41, 5.74) is 15.0. The van der Waals surface area contributed by atoms with Crippen LogP contribution in [0.5, 0.6) is 11.5 Å². The maximum atomic E-state index is 6.63. The minimum absolute atomic E-state index is 0.146. The van der Waals surface area contributed by atoms with Crippen molar-refractivity contribution >= 4 is 51.2 Å². The molecule has 5 heterocycles. The van der Waals surface area contributed by atoms with E-state index in [4.69, 9.17) is 4.74 Å². The second kappa shape index (κ2) is 7.48. The molecule has 6 aromatic carbocycles. The molecular weight excluding hydrogens is 523 g/mol. The van der Waals surface area contributed by atoms with E-state index < -0.39 is 5.41 Å². The van der Waals surface area contributed by atoms with Crippen molar-refractivity contribution in [3.63, 3.8) is 0 Å². The number of benzene rings is 6. The van der Waals surface area contributed by atoms with Crippen LogP contribution in [0.4, 0.5) is 17.1 Å². The van der Waals surface area contributed by atoms with Gasteiger partial charge in [0.05, 0.1) is 16.6 Å². The zero-order valence-electron chi connectivity index (χ0n) is 23.2. The maximum absolute atomic E-state index is 6.63. The first kappa shape index (κ1) is 22.2. The molecule has 4 heteroatoms. The molecule has 1 spiro atoms. The Balaban J connectivity index is 1.40. The van der Waals surface area contributed by atoms with Gasteiger partial charge in [0.15, 0.2) is 0 Å². The van der Waals surface area contributed by atoms with Crippen molar-refractivity contribution in [3.05, 3.63) is 162 Å². The van der Waals surface area contributed by atoms with Crippen LogP contribution >= 0.6 is 0 Å². The van der Waals surface area contributed by atoms with Crippen molar-refractivity contribution < 1.29 is 4.74 Å². The Morgan fingerprint density at radius 1 is 0.512 bits per heavy atom. The molecule has 198 valence electrons. The molecule has 0 unspecified atom stereocenters.